The number of halogens is 2. The molecule has 2 aromatic carbocycles. The summed E-state index contributed by atoms with van der Waals surface area (Å²) in [7, 11) is 1.71. The predicted molar refractivity (Wildman–Crippen MR) is 113 cm³/mol. The zero-order valence-electron chi connectivity index (χ0n) is 16.8. The van der Waals surface area contributed by atoms with E-state index in [0.29, 0.717) is 11.7 Å². The number of carbonyl (C=O) groups is 1. The molecule has 0 spiro atoms. The SMILES string of the molecule is Cc1[nH]c(SCC(=O)N(C)Cc2ccc(OC(F)F)cc2)nc1Cc1ccccc1. The van der Waals surface area contributed by atoms with E-state index in [-0.39, 0.29) is 17.4 Å². The molecule has 1 N–H and O–H groups in total. The summed E-state index contributed by atoms with van der Waals surface area (Å²) in [4.78, 5) is 21.9. The number of ether oxygens (including phenoxy) is 1. The van der Waals surface area contributed by atoms with Crippen LogP contribution in [0.25, 0.3) is 0 Å². The Morgan fingerprint density at radius 1 is 1.13 bits per heavy atom. The van der Waals surface area contributed by atoms with Crippen LogP contribution in [0.1, 0.15) is 22.5 Å². The normalized spacial score (nSPS) is 11.0. The molecule has 0 aliphatic carbocycles. The van der Waals surface area contributed by atoms with Gasteiger partial charge in [0.05, 0.1) is 11.4 Å². The number of amides is 1. The Labute approximate surface area is 178 Å². The number of aryl methyl sites for hydroxylation is 1. The van der Waals surface area contributed by atoms with Crippen LogP contribution in [-0.2, 0) is 17.8 Å². The molecule has 0 aliphatic heterocycles. The van der Waals surface area contributed by atoms with Crippen LogP contribution in [0.5, 0.6) is 5.75 Å². The Morgan fingerprint density at radius 3 is 2.50 bits per heavy atom. The lowest BCUT2D eigenvalue weighted by atomic mass is 10.1. The molecule has 0 unspecified atom stereocenters. The van der Waals surface area contributed by atoms with Crippen molar-refractivity contribution in [2.45, 2.75) is 31.7 Å². The molecule has 0 atom stereocenters. The molecule has 3 rings (SSSR count). The van der Waals surface area contributed by atoms with Gasteiger partial charge in [-0.2, -0.15) is 8.78 Å². The van der Waals surface area contributed by atoms with Gasteiger partial charge in [-0.25, -0.2) is 4.98 Å². The van der Waals surface area contributed by atoms with Crippen molar-refractivity contribution in [1.29, 1.82) is 0 Å². The summed E-state index contributed by atoms with van der Waals surface area (Å²) in [5.41, 5.74) is 3.98. The molecule has 0 saturated heterocycles. The smallest absolute Gasteiger partial charge is 0.387 e. The van der Waals surface area contributed by atoms with Crippen molar-refractivity contribution in [2.24, 2.45) is 0 Å². The molecule has 1 aromatic heterocycles. The highest BCUT2D eigenvalue weighted by atomic mass is 32.2. The molecule has 1 amide bonds. The maximum Gasteiger partial charge on any atom is 0.387 e. The molecule has 0 aliphatic rings. The number of H-pyrrole nitrogens is 1. The van der Waals surface area contributed by atoms with Gasteiger partial charge in [0.15, 0.2) is 5.16 Å². The molecule has 1 heterocycles. The fourth-order valence-electron chi connectivity index (χ4n) is 2.88. The average molecular weight is 432 g/mol. The Balaban J connectivity index is 1.50. The summed E-state index contributed by atoms with van der Waals surface area (Å²) in [5.74, 6) is 0.296. The van der Waals surface area contributed by atoms with E-state index in [4.69, 9.17) is 0 Å². The third kappa shape index (κ3) is 6.32. The highest BCUT2D eigenvalue weighted by Gasteiger charge is 2.13. The number of benzene rings is 2. The number of hydrogen-bond acceptors (Lipinski definition) is 4. The number of aromatic nitrogens is 2. The Kier molecular flexibility index (Phi) is 7.46. The molecule has 0 bridgehead atoms. The first-order valence-corrected chi connectivity index (χ1v) is 10.4. The number of alkyl halides is 2. The number of nitrogens with zero attached hydrogens (tertiary/aromatic N) is 2. The quantitative estimate of drug-likeness (QED) is 0.501. The van der Waals surface area contributed by atoms with Gasteiger partial charge in [0.25, 0.3) is 0 Å². The van der Waals surface area contributed by atoms with E-state index in [9.17, 15) is 13.6 Å². The minimum atomic E-state index is -2.85. The van der Waals surface area contributed by atoms with E-state index in [1.165, 1.54) is 29.5 Å². The van der Waals surface area contributed by atoms with Crippen molar-refractivity contribution >= 4 is 17.7 Å². The van der Waals surface area contributed by atoms with Crippen LogP contribution >= 0.6 is 11.8 Å². The lowest BCUT2D eigenvalue weighted by Crippen LogP contribution is -2.27. The zero-order chi connectivity index (χ0) is 21.5. The van der Waals surface area contributed by atoms with E-state index in [2.05, 4.69) is 26.8 Å². The van der Waals surface area contributed by atoms with Gasteiger partial charge in [-0.1, -0.05) is 54.2 Å². The first kappa shape index (κ1) is 21.8. The highest BCUT2D eigenvalue weighted by molar-refractivity contribution is 7.99. The van der Waals surface area contributed by atoms with Crippen molar-refractivity contribution in [3.63, 3.8) is 0 Å². The fraction of sp³-hybridized carbons (Fsp3) is 0.273. The van der Waals surface area contributed by atoms with E-state index in [0.717, 1.165) is 23.4 Å². The van der Waals surface area contributed by atoms with E-state index in [1.54, 1.807) is 24.1 Å². The Hall–Kier alpha value is -2.87. The average Bonchev–Trinajstić information content (AvgIpc) is 3.07. The van der Waals surface area contributed by atoms with Crippen molar-refractivity contribution in [3.8, 4) is 5.75 Å². The summed E-state index contributed by atoms with van der Waals surface area (Å²) in [5, 5.41) is 0.716. The molecule has 158 valence electrons. The van der Waals surface area contributed by atoms with Crippen LogP contribution in [-0.4, -0.2) is 40.2 Å². The maximum atomic E-state index is 12.5. The molecule has 8 heteroatoms. The molecule has 5 nitrogen and oxygen atoms in total. The number of nitrogens with one attached hydrogen (secondary N) is 1. The van der Waals surface area contributed by atoms with Gasteiger partial charge in [0.1, 0.15) is 5.75 Å². The monoisotopic (exact) mass is 431 g/mol. The Bertz CT molecular complexity index is 962. The summed E-state index contributed by atoms with van der Waals surface area (Å²) in [6.45, 7) is -0.495. The maximum absolute atomic E-state index is 12.5. The second-order valence-corrected chi connectivity index (χ2v) is 7.80. The summed E-state index contributed by atoms with van der Waals surface area (Å²) < 4.78 is 28.8. The van der Waals surface area contributed by atoms with E-state index >= 15 is 0 Å². The third-order valence-electron chi connectivity index (χ3n) is 4.50. The molecule has 3 aromatic rings. The molecule has 0 radical (unpaired) electrons. The minimum absolute atomic E-state index is 0.0495. The van der Waals surface area contributed by atoms with Crippen LogP contribution in [0.3, 0.4) is 0 Å². The second kappa shape index (κ2) is 10.2. The third-order valence-corrected chi connectivity index (χ3v) is 5.36. The minimum Gasteiger partial charge on any atom is -0.435 e. The highest BCUT2D eigenvalue weighted by Crippen LogP contribution is 2.20. The van der Waals surface area contributed by atoms with Gasteiger partial charge >= 0.3 is 6.61 Å². The van der Waals surface area contributed by atoms with Gasteiger partial charge in [-0.05, 0) is 30.2 Å². The first-order chi connectivity index (χ1) is 14.4. The number of thioether (sulfide) groups is 1. The molecule has 30 heavy (non-hydrogen) atoms. The van der Waals surface area contributed by atoms with Gasteiger partial charge in [-0.15, -0.1) is 0 Å². The number of carbonyl (C=O) groups excluding carboxylic acids is 1. The van der Waals surface area contributed by atoms with Gasteiger partial charge in [0.2, 0.25) is 5.91 Å². The number of rotatable bonds is 9. The molecule has 0 fully saturated rings. The summed E-state index contributed by atoms with van der Waals surface area (Å²) in [6, 6.07) is 16.4. The standard InChI is InChI=1S/C22H23F2N3O2S/c1-15-19(12-16-6-4-3-5-7-16)26-22(25-15)30-14-20(28)27(2)13-17-8-10-18(11-9-17)29-21(23)24/h3-11,21H,12-14H2,1-2H3,(H,25,26). The molecular weight excluding hydrogens is 408 g/mol. The molecule has 0 saturated carbocycles. The molecular formula is C22H23F2N3O2S. The first-order valence-electron chi connectivity index (χ1n) is 9.40. The van der Waals surface area contributed by atoms with Crippen molar-refractivity contribution in [2.75, 3.05) is 12.8 Å². The fourth-order valence-corrected chi connectivity index (χ4v) is 3.76. The van der Waals surface area contributed by atoms with Crippen molar-refractivity contribution in [3.05, 3.63) is 77.1 Å². The lowest BCUT2D eigenvalue weighted by Gasteiger charge is -2.17. The predicted octanol–water partition coefficient (Wildman–Crippen LogP) is 4.66. The largest absolute Gasteiger partial charge is 0.435 e. The van der Waals surface area contributed by atoms with Crippen LogP contribution in [0.15, 0.2) is 59.8 Å². The number of hydrogen-bond donors (Lipinski definition) is 1. The van der Waals surface area contributed by atoms with E-state index < -0.39 is 6.61 Å². The van der Waals surface area contributed by atoms with E-state index in [1.807, 2.05) is 25.1 Å². The van der Waals surface area contributed by atoms with Gasteiger partial charge in [-0.3, -0.25) is 4.79 Å². The van der Waals surface area contributed by atoms with Gasteiger partial charge < -0.3 is 14.6 Å². The van der Waals surface area contributed by atoms with Crippen molar-refractivity contribution < 1.29 is 18.3 Å². The lowest BCUT2D eigenvalue weighted by molar-refractivity contribution is -0.127. The number of imidazole rings is 1. The summed E-state index contributed by atoms with van der Waals surface area (Å²) in [6.07, 6.45) is 0.739. The Morgan fingerprint density at radius 2 is 1.83 bits per heavy atom. The van der Waals surface area contributed by atoms with Crippen LogP contribution in [0.2, 0.25) is 0 Å². The second-order valence-electron chi connectivity index (χ2n) is 6.84. The van der Waals surface area contributed by atoms with Gasteiger partial charge in [0, 0.05) is 25.7 Å². The van der Waals surface area contributed by atoms with Crippen LogP contribution in [0.4, 0.5) is 8.78 Å². The zero-order valence-corrected chi connectivity index (χ0v) is 17.6. The number of aromatic amines is 1. The van der Waals surface area contributed by atoms with Crippen molar-refractivity contribution in [1.82, 2.24) is 14.9 Å². The van der Waals surface area contributed by atoms with Crippen LogP contribution in [0, 0.1) is 6.92 Å². The summed E-state index contributed by atoms with van der Waals surface area (Å²) >= 11 is 1.36. The van der Waals surface area contributed by atoms with Crippen LogP contribution < -0.4 is 4.74 Å². The topological polar surface area (TPSA) is 58.2 Å².